The van der Waals surface area contributed by atoms with Crippen molar-refractivity contribution >= 4 is 22.7 Å². The quantitative estimate of drug-likeness (QED) is 0.569. The van der Waals surface area contributed by atoms with E-state index in [1.807, 2.05) is 48.5 Å². The molecule has 0 aliphatic carbocycles. The van der Waals surface area contributed by atoms with Crippen LogP contribution in [0.2, 0.25) is 0 Å². The highest BCUT2D eigenvalue weighted by molar-refractivity contribution is 6.02. The van der Waals surface area contributed by atoms with Crippen molar-refractivity contribution in [1.82, 2.24) is 0 Å². The molecule has 0 saturated heterocycles. The number of fused-ring (bicyclic) bond motifs is 1. The number of anilines is 1. The SMILES string of the molecule is COc1ccc2ccccc2c1/C=N/Nc1ccccc1. The van der Waals surface area contributed by atoms with E-state index in [9.17, 15) is 0 Å². The van der Waals surface area contributed by atoms with Crippen LogP contribution in [0.4, 0.5) is 5.69 Å². The number of benzene rings is 3. The van der Waals surface area contributed by atoms with E-state index in [4.69, 9.17) is 4.74 Å². The van der Waals surface area contributed by atoms with E-state index in [0.717, 1.165) is 22.4 Å². The summed E-state index contributed by atoms with van der Waals surface area (Å²) in [4.78, 5) is 0. The summed E-state index contributed by atoms with van der Waals surface area (Å²) in [5.74, 6) is 0.812. The van der Waals surface area contributed by atoms with Gasteiger partial charge in [0.25, 0.3) is 0 Å². The molecule has 0 heterocycles. The fraction of sp³-hybridized carbons (Fsp3) is 0.0556. The summed E-state index contributed by atoms with van der Waals surface area (Å²) in [6.07, 6.45) is 1.80. The van der Waals surface area contributed by atoms with Crippen LogP contribution in [0.3, 0.4) is 0 Å². The third-order valence-corrected chi connectivity index (χ3v) is 3.31. The Morgan fingerprint density at radius 2 is 1.67 bits per heavy atom. The number of nitrogens with zero attached hydrogens (tertiary/aromatic N) is 1. The highest BCUT2D eigenvalue weighted by Crippen LogP contribution is 2.26. The van der Waals surface area contributed by atoms with Crippen molar-refractivity contribution in [2.45, 2.75) is 0 Å². The van der Waals surface area contributed by atoms with Gasteiger partial charge in [-0.3, -0.25) is 5.43 Å². The second-order valence-electron chi connectivity index (χ2n) is 4.64. The molecule has 104 valence electrons. The maximum atomic E-state index is 5.44. The Labute approximate surface area is 123 Å². The van der Waals surface area contributed by atoms with Crippen molar-refractivity contribution < 1.29 is 4.74 Å². The van der Waals surface area contributed by atoms with Gasteiger partial charge in [-0.2, -0.15) is 5.10 Å². The highest BCUT2D eigenvalue weighted by atomic mass is 16.5. The molecule has 0 aliphatic heterocycles. The Morgan fingerprint density at radius 1 is 0.905 bits per heavy atom. The summed E-state index contributed by atoms with van der Waals surface area (Å²) >= 11 is 0. The molecular weight excluding hydrogens is 260 g/mol. The van der Waals surface area contributed by atoms with E-state index in [0.29, 0.717) is 0 Å². The molecule has 0 unspecified atom stereocenters. The molecule has 0 bridgehead atoms. The predicted molar refractivity (Wildman–Crippen MR) is 88.2 cm³/mol. The van der Waals surface area contributed by atoms with Gasteiger partial charge in [-0.25, -0.2) is 0 Å². The Hall–Kier alpha value is -2.81. The van der Waals surface area contributed by atoms with Crippen molar-refractivity contribution in [3.63, 3.8) is 0 Å². The first-order valence-corrected chi connectivity index (χ1v) is 6.78. The third kappa shape index (κ3) is 2.87. The average molecular weight is 276 g/mol. The highest BCUT2D eigenvalue weighted by Gasteiger charge is 2.05. The third-order valence-electron chi connectivity index (χ3n) is 3.31. The number of hydrogen-bond donors (Lipinski definition) is 1. The summed E-state index contributed by atoms with van der Waals surface area (Å²) in [5, 5.41) is 6.60. The van der Waals surface area contributed by atoms with Crippen LogP contribution in [0.25, 0.3) is 10.8 Å². The number of hydrogen-bond acceptors (Lipinski definition) is 3. The van der Waals surface area contributed by atoms with Crippen LogP contribution in [-0.4, -0.2) is 13.3 Å². The zero-order valence-corrected chi connectivity index (χ0v) is 11.8. The average Bonchev–Trinajstić information content (AvgIpc) is 2.56. The molecule has 3 rings (SSSR count). The zero-order chi connectivity index (χ0) is 14.5. The van der Waals surface area contributed by atoms with Gasteiger partial charge in [0.15, 0.2) is 0 Å². The van der Waals surface area contributed by atoms with Gasteiger partial charge in [0.2, 0.25) is 0 Å². The maximum absolute atomic E-state index is 5.44. The van der Waals surface area contributed by atoms with E-state index in [1.165, 1.54) is 5.39 Å². The Bertz CT molecular complexity index is 767. The molecule has 0 aliphatic rings. The molecule has 3 nitrogen and oxygen atoms in total. The number of methoxy groups -OCH3 is 1. The number of ether oxygens (including phenoxy) is 1. The van der Waals surface area contributed by atoms with Crippen molar-refractivity contribution in [2.75, 3.05) is 12.5 Å². The van der Waals surface area contributed by atoms with E-state index in [-0.39, 0.29) is 0 Å². The van der Waals surface area contributed by atoms with E-state index < -0.39 is 0 Å². The predicted octanol–water partition coefficient (Wildman–Crippen LogP) is 4.29. The lowest BCUT2D eigenvalue weighted by Gasteiger charge is -2.08. The monoisotopic (exact) mass is 276 g/mol. The smallest absolute Gasteiger partial charge is 0.128 e. The molecule has 21 heavy (non-hydrogen) atoms. The second kappa shape index (κ2) is 6.09. The Kier molecular flexibility index (Phi) is 3.83. The normalized spacial score (nSPS) is 10.9. The minimum atomic E-state index is 0.812. The zero-order valence-electron chi connectivity index (χ0n) is 11.8. The summed E-state index contributed by atoms with van der Waals surface area (Å²) in [6.45, 7) is 0. The fourth-order valence-electron chi connectivity index (χ4n) is 2.27. The second-order valence-corrected chi connectivity index (χ2v) is 4.64. The van der Waals surface area contributed by atoms with Crippen LogP contribution in [-0.2, 0) is 0 Å². The van der Waals surface area contributed by atoms with Crippen LogP contribution in [0.1, 0.15) is 5.56 Å². The molecule has 3 aromatic carbocycles. The van der Waals surface area contributed by atoms with Crippen LogP contribution < -0.4 is 10.2 Å². The Morgan fingerprint density at radius 3 is 2.48 bits per heavy atom. The Balaban J connectivity index is 1.95. The van der Waals surface area contributed by atoms with Crippen LogP contribution in [0.5, 0.6) is 5.75 Å². The molecule has 0 saturated carbocycles. The first-order valence-electron chi connectivity index (χ1n) is 6.78. The van der Waals surface area contributed by atoms with Crippen molar-refractivity contribution in [1.29, 1.82) is 0 Å². The van der Waals surface area contributed by atoms with Crippen LogP contribution in [0, 0.1) is 0 Å². The molecule has 0 aromatic heterocycles. The molecule has 1 N–H and O–H groups in total. The topological polar surface area (TPSA) is 33.6 Å². The van der Waals surface area contributed by atoms with Gasteiger partial charge in [0.1, 0.15) is 5.75 Å². The van der Waals surface area contributed by atoms with E-state index >= 15 is 0 Å². The number of rotatable bonds is 4. The summed E-state index contributed by atoms with van der Waals surface area (Å²) in [6, 6.07) is 22.1. The lowest BCUT2D eigenvalue weighted by Crippen LogP contribution is -1.95. The summed E-state index contributed by atoms with van der Waals surface area (Å²) in [7, 11) is 1.67. The van der Waals surface area contributed by atoms with E-state index in [1.54, 1.807) is 13.3 Å². The lowest BCUT2D eigenvalue weighted by atomic mass is 10.0. The molecule has 3 aromatic rings. The first kappa shape index (κ1) is 13.2. The minimum Gasteiger partial charge on any atom is -0.496 e. The minimum absolute atomic E-state index is 0.812. The van der Waals surface area contributed by atoms with Gasteiger partial charge in [-0.05, 0) is 29.0 Å². The molecule has 0 spiro atoms. The van der Waals surface area contributed by atoms with Gasteiger partial charge in [0.05, 0.1) is 19.0 Å². The standard InChI is InChI=1S/C18H16N2O/c1-21-18-12-11-14-7-5-6-10-16(14)17(18)13-19-20-15-8-3-2-4-9-15/h2-13,20H,1H3/b19-13+. The number of nitrogens with one attached hydrogen (secondary N) is 1. The molecule has 0 amide bonds. The molecule has 0 radical (unpaired) electrons. The molecular formula is C18H16N2O. The molecule has 0 fully saturated rings. The first-order chi connectivity index (χ1) is 10.4. The lowest BCUT2D eigenvalue weighted by molar-refractivity contribution is 0.415. The molecule has 3 heteroatoms. The number of para-hydroxylation sites is 1. The van der Waals surface area contributed by atoms with Gasteiger partial charge in [-0.1, -0.05) is 48.5 Å². The van der Waals surface area contributed by atoms with Crippen molar-refractivity contribution in [2.24, 2.45) is 5.10 Å². The van der Waals surface area contributed by atoms with Crippen LogP contribution >= 0.6 is 0 Å². The number of hydrazone groups is 1. The molecule has 0 atom stereocenters. The van der Waals surface area contributed by atoms with Gasteiger partial charge < -0.3 is 4.74 Å². The maximum Gasteiger partial charge on any atom is 0.128 e. The fourth-order valence-corrected chi connectivity index (χ4v) is 2.27. The largest absolute Gasteiger partial charge is 0.496 e. The summed E-state index contributed by atoms with van der Waals surface area (Å²) < 4.78 is 5.44. The van der Waals surface area contributed by atoms with Crippen molar-refractivity contribution in [3.05, 3.63) is 72.3 Å². The summed E-state index contributed by atoms with van der Waals surface area (Å²) in [5.41, 5.74) is 4.95. The van der Waals surface area contributed by atoms with E-state index in [2.05, 4.69) is 28.7 Å². The van der Waals surface area contributed by atoms with Crippen LogP contribution in [0.15, 0.2) is 71.8 Å². The van der Waals surface area contributed by atoms with Gasteiger partial charge >= 0.3 is 0 Å². The van der Waals surface area contributed by atoms with Gasteiger partial charge in [0, 0.05) is 5.56 Å². The van der Waals surface area contributed by atoms with Gasteiger partial charge in [-0.15, -0.1) is 0 Å². The van der Waals surface area contributed by atoms with Crippen molar-refractivity contribution in [3.8, 4) is 5.75 Å².